The van der Waals surface area contributed by atoms with E-state index >= 15 is 0 Å². The van der Waals surface area contributed by atoms with E-state index < -0.39 is 0 Å². The molecule has 16 heavy (non-hydrogen) atoms. The molecule has 0 heterocycles. The summed E-state index contributed by atoms with van der Waals surface area (Å²) < 4.78 is 1.03. The molecule has 88 valence electrons. The smallest absolute Gasteiger partial charge is 0.221 e. The van der Waals surface area contributed by atoms with Crippen LogP contribution < -0.4 is 10.6 Å². The van der Waals surface area contributed by atoms with Gasteiger partial charge in [-0.3, -0.25) is 4.79 Å². The summed E-state index contributed by atoms with van der Waals surface area (Å²) in [4.78, 5) is 11.5. The molecule has 3 nitrogen and oxygen atoms in total. The number of hydrogen-bond donors (Lipinski definition) is 2. The van der Waals surface area contributed by atoms with Crippen LogP contribution in [0.15, 0.2) is 28.7 Å². The van der Waals surface area contributed by atoms with Gasteiger partial charge in [-0.2, -0.15) is 0 Å². The summed E-state index contributed by atoms with van der Waals surface area (Å²) in [5.41, 5.74) is 1.10. The molecule has 0 fully saturated rings. The number of hydrogen-bond acceptors (Lipinski definition) is 2. The fourth-order valence-corrected chi connectivity index (χ4v) is 1.83. The topological polar surface area (TPSA) is 41.1 Å². The lowest BCUT2D eigenvalue weighted by Gasteiger charge is -2.14. The van der Waals surface area contributed by atoms with E-state index in [2.05, 4.69) is 26.6 Å². The average Bonchev–Trinajstić information content (AvgIpc) is 2.26. The second-order valence-electron chi connectivity index (χ2n) is 3.70. The molecule has 0 aliphatic heterocycles. The normalized spacial score (nSPS) is 12.2. The van der Waals surface area contributed by atoms with Crippen molar-refractivity contribution in [1.29, 1.82) is 0 Å². The quantitative estimate of drug-likeness (QED) is 0.871. The van der Waals surface area contributed by atoms with Crippen LogP contribution in [0.2, 0.25) is 0 Å². The summed E-state index contributed by atoms with van der Waals surface area (Å²) >= 11 is 3.42. The summed E-state index contributed by atoms with van der Waals surface area (Å²) in [6, 6.07) is 8.01. The van der Waals surface area contributed by atoms with Gasteiger partial charge in [0.15, 0.2) is 0 Å². The Morgan fingerprint density at radius 2 is 2.25 bits per heavy atom. The number of rotatable bonds is 5. The number of amides is 1. The highest BCUT2D eigenvalue weighted by atomic mass is 79.9. The van der Waals surface area contributed by atoms with Crippen LogP contribution in [-0.2, 0) is 4.79 Å². The van der Waals surface area contributed by atoms with Crippen LogP contribution in [0.5, 0.6) is 0 Å². The van der Waals surface area contributed by atoms with E-state index in [1.807, 2.05) is 38.2 Å². The van der Waals surface area contributed by atoms with Gasteiger partial charge in [-0.1, -0.05) is 28.1 Å². The molecule has 0 radical (unpaired) electrons. The summed E-state index contributed by atoms with van der Waals surface area (Å²) in [6.07, 6.45) is 0.509. The Morgan fingerprint density at radius 1 is 1.50 bits per heavy atom. The fraction of sp³-hybridized carbons (Fsp3) is 0.417. The van der Waals surface area contributed by atoms with Crippen molar-refractivity contribution < 1.29 is 4.79 Å². The first-order valence-corrected chi connectivity index (χ1v) is 6.12. The van der Waals surface area contributed by atoms with Crippen molar-refractivity contribution in [2.45, 2.75) is 19.4 Å². The zero-order valence-electron chi connectivity index (χ0n) is 9.59. The number of nitrogens with one attached hydrogen (secondary N) is 2. The second kappa shape index (κ2) is 6.66. The van der Waals surface area contributed by atoms with Gasteiger partial charge in [-0.15, -0.1) is 0 Å². The molecular formula is C12H17BrN2O. The standard InChI is InChI=1S/C12H17BrN2O/c1-9(15-12(16)6-7-14-2)10-4-3-5-11(13)8-10/h3-5,8-9,14H,6-7H2,1-2H3,(H,15,16). The molecule has 1 aromatic rings. The van der Waals surface area contributed by atoms with Crippen LogP contribution in [0.4, 0.5) is 0 Å². The van der Waals surface area contributed by atoms with Gasteiger partial charge in [0.1, 0.15) is 0 Å². The van der Waals surface area contributed by atoms with E-state index in [-0.39, 0.29) is 11.9 Å². The Morgan fingerprint density at radius 3 is 2.88 bits per heavy atom. The fourth-order valence-electron chi connectivity index (χ4n) is 1.41. The molecule has 4 heteroatoms. The average molecular weight is 285 g/mol. The molecule has 1 rings (SSSR count). The van der Waals surface area contributed by atoms with Crippen LogP contribution >= 0.6 is 15.9 Å². The minimum Gasteiger partial charge on any atom is -0.350 e. The molecule has 1 unspecified atom stereocenters. The van der Waals surface area contributed by atoms with E-state index in [1.54, 1.807) is 0 Å². The molecule has 0 aromatic heterocycles. The maximum absolute atomic E-state index is 11.5. The lowest BCUT2D eigenvalue weighted by atomic mass is 10.1. The van der Waals surface area contributed by atoms with E-state index in [0.717, 1.165) is 10.0 Å². The van der Waals surface area contributed by atoms with E-state index in [0.29, 0.717) is 13.0 Å². The Hall–Kier alpha value is -0.870. The molecule has 1 aromatic carbocycles. The summed E-state index contributed by atoms with van der Waals surface area (Å²) in [6.45, 7) is 2.69. The lowest BCUT2D eigenvalue weighted by molar-refractivity contribution is -0.121. The Labute approximate surface area is 105 Å². The van der Waals surface area contributed by atoms with Crippen LogP contribution in [0.25, 0.3) is 0 Å². The highest BCUT2D eigenvalue weighted by Gasteiger charge is 2.08. The SMILES string of the molecule is CNCCC(=O)NC(C)c1cccc(Br)c1. The van der Waals surface area contributed by atoms with Crippen molar-refractivity contribution in [2.24, 2.45) is 0 Å². The van der Waals surface area contributed by atoms with Crippen molar-refractivity contribution in [1.82, 2.24) is 10.6 Å². The summed E-state index contributed by atoms with van der Waals surface area (Å²) in [5.74, 6) is 0.0711. The van der Waals surface area contributed by atoms with Gasteiger partial charge < -0.3 is 10.6 Å². The van der Waals surface area contributed by atoms with Crippen LogP contribution in [0.1, 0.15) is 24.9 Å². The van der Waals surface area contributed by atoms with Crippen LogP contribution in [0.3, 0.4) is 0 Å². The molecule has 2 N–H and O–H groups in total. The van der Waals surface area contributed by atoms with Gasteiger partial charge in [-0.05, 0) is 31.7 Å². The van der Waals surface area contributed by atoms with E-state index in [9.17, 15) is 4.79 Å². The summed E-state index contributed by atoms with van der Waals surface area (Å²) in [5, 5.41) is 5.91. The van der Waals surface area contributed by atoms with Gasteiger partial charge in [0.05, 0.1) is 6.04 Å². The monoisotopic (exact) mass is 284 g/mol. The first-order valence-electron chi connectivity index (χ1n) is 5.33. The van der Waals surface area contributed by atoms with E-state index in [1.165, 1.54) is 0 Å². The predicted octanol–water partition coefficient (Wildman–Crippen LogP) is 2.24. The highest BCUT2D eigenvalue weighted by molar-refractivity contribution is 9.10. The Balaban J connectivity index is 2.52. The molecule has 1 amide bonds. The van der Waals surface area contributed by atoms with Gasteiger partial charge in [0, 0.05) is 17.4 Å². The third-order valence-corrected chi connectivity index (χ3v) is 2.82. The first kappa shape index (κ1) is 13.2. The van der Waals surface area contributed by atoms with Crippen molar-refractivity contribution >= 4 is 21.8 Å². The van der Waals surface area contributed by atoms with Crippen molar-refractivity contribution in [2.75, 3.05) is 13.6 Å². The number of benzene rings is 1. The minimum absolute atomic E-state index is 0.0434. The van der Waals surface area contributed by atoms with Gasteiger partial charge >= 0.3 is 0 Å². The molecule has 0 aliphatic rings. The molecule has 1 atom stereocenters. The zero-order chi connectivity index (χ0) is 12.0. The van der Waals surface area contributed by atoms with Crippen LogP contribution in [-0.4, -0.2) is 19.5 Å². The molecule has 0 bridgehead atoms. The predicted molar refractivity (Wildman–Crippen MR) is 69.2 cm³/mol. The van der Waals surface area contributed by atoms with Crippen molar-refractivity contribution in [3.8, 4) is 0 Å². The Kier molecular flexibility index (Phi) is 5.49. The number of halogens is 1. The molecule has 0 aliphatic carbocycles. The van der Waals surface area contributed by atoms with Crippen LogP contribution in [0, 0.1) is 0 Å². The molecular weight excluding hydrogens is 268 g/mol. The molecule has 0 spiro atoms. The number of carbonyl (C=O) groups excluding carboxylic acids is 1. The highest BCUT2D eigenvalue weighted by Crippen LogP contribution is 2.17. The van der Waals surface area contributed by atoms with Gasteiger partial charge in [0.25, 0.3) is 0 Å². The van der Waals surface area contributed by atoms with Crippen molar-refractivity contribution in [3.63, 3.8) is 0 Å². The van der Waals surface area contributed by atoms with Gasteiger partial charge in [-0.25, -0.2) is 0 Å². The third kappa shape index (κ3) is 4.33. The molecule has 0 saturated heterocycles. The first-order chi connectivity index (χ1) is 7.63. The summed E-state index contributed by atoms with van der Waals surface area (Å²) in [7, 11) is 1.84. The number of carbonyl (C=O) groups is 1. The maximum atomic E-state index is 11.5. The minimum atomic E-state index is 0.0434. The largest absolute Gasteiger partial charge is 0.350 e. The van der Waals surface area contributed by atoms with E-state index in [4.69, 9.17) is 0 Å². The Bertz CT molecular complexity index is 355. The molecule has 0 saturated carbocycles. The van der Waals surface area contributed by atoms with Gasteiger partial charge in [0.2, 0.25) is 5.91 Å². The van der Waals surface area contributed by atoms with Crippen molar-refractivity contribution in [3.05, 3.63) is 34.3 Å². The zero-order valence-corrected chi connectivity index (χ0v) is 11.2. The third-order valence-electron chi connectivity index (χ3n) is 2.33. The second-order valence-corrected chi connectivity index (χ2v) is 4.61. The maximum Gasteiger partial charge on any atom is 0.221 e. The lowest BCUT2D eigenvalue weighted by Crippen LogP contribution is -2.29.